The zero-order valence-electron chi connectivity index (χ0n) is 14.8. The highest BCUT2D eigenvalue weighted by Gasteiger charge is 2.21. The molecule has 25 heavy (non-hydrogen) atoms. The van der Waals surface area contributed by atoms with Gasteiger partial charge in [0, 0.05) is 30.6 Å². The summed E-state index contributed by atoms with van der Waals surface area (Å²) < 4.78 is 0. The highest BCUT2D eigenvalue weighted by atomic mass is 16.4. The van der Waals surface area contributed by atoms with E-state index in [9.17, 15) is 9.59 Å². The number of amides is 1. The summed E-state index contributed by atoms with van der Waals surface area (Å²) in [5.74, 6) is -0.730. The maximum Gasteiger partial charge on any atom is 0.335 e. The summed E-state index contributed by atoms with van der Waals surface area (Å²) in [5.41, 5.74) is 7.90. The van der Waals surface area contributed by atoms with Crippen molar-refractivity contribution in [2.75, 3.05) is 13.1 Å². The lowest BCUT2D eigenvalue weighted by Crippen LogP contribution is -2.34. The molecule has 1 amide bonds. The minimum Gasteiger partial charge on any atom is -0.478 e. The van der Waals surface area contributed by atoms with Gasteiger partial charge in [-0.2, -0.15) is 0 Å². The largest absolute Gasteiger partial charge is 0.478 e. The summed E-state index contributed by atoms with van der Waals surface area (Å²) in [4.78, 5) is 30.2. The molecule has 0 aliphatic carbocycles. The van der Waals surface area contributed by atoms with Crippen molar-refractivity contribution in [2.45, 2.75) is 39.5 Å². The molecule has 6 heteroatoms. The van der Waals surface area contributed by atoms with Gasteiger partial charge in [0.15, 0.2) is 0 Å². The minimum absolute atomic E-state index is 0.0244. The van der Waals surface area contributed by atoms with Crippen molar-refractivity contribution in [3.63, 3.8) is 0 Å². The minimum atomic E-state index is -1.02. The maximum atomic E-state index is 12.9. The number of hydrogen-bond donors (Lipinski definition) is 2. The fourth-order valence-electron chi connectivity index (χ4n) is 2.80. The first-order valence-electron chi connectivity index (χ1n) is 8.66. The van der Waals surface area contributed by atoms with Gasteiger partial charge >= 0.3 is 5.97 Å². The predicted molar refractivity (Wildman–Crippen MR) is 99.1 cm³/mol. The van der Waals surface area contributed by atoms with Crippen LogP contribution in [0.2, 0.25) is 0 Å². The second-order valence-corrected chi connectivity index (χ2v) is 6.17. The molecule has 3 N–H and O–H groups in total. The highest BCUT2D eigenvalue weighted by molar-refractivity contribution is 6.05. The van der Waals surface area contributed by atoms with E-state index in [1.54, 1.807) is 12.1 Å². The number of carboxylic acids is 1. The van der Waals surface area contributed by atoms with Crippen LogP contribution in [0.1, 0.15) is 55.5 Å². The number of unbranched alkanes of at least 4 members (excludes halogenated alkanes) is 1. The van der Waals surface area contributed by atoms with E-state index >= 15 is 0 Å². The Morgan fingerprint density at radius 1 is 1.24 bits per heavy atom. The van der Waals surface area contributed by atoms with Gasteiger partial charge in [-0.15, -0.1) is 0 Å². The average Bonchev–Trinajstić information content (AvgIpc) is 2.75. The fraction of sp³-hybridized carbons (Fsp3) is 0.421. The second kappa shape index (κ2) is 8.46. The van der Waals surface area contributed by atoms with Crippen LogP contribution >= 0.6 is 0 Å². The lowest BCUT2D eigenvalue weighted by Gasteiger charge is -2.23. The zero-order chi connectivity index (χ0) is 18.4. The van der Waals surface area contributed by atoms with Crippen LogP contribution in [0.3, 0.4) is 0 Å². The second-order valence-electron chi connectivity index (χ2n) is 6.17. The molecule has 0 saturated heterocycles. The van der Waals surface area contributed by atoms with Crippen molar-refractivity contribution in [1.82, 2.24) is 4.90 Å². The van der Waals surface area contributed by atoms with Gasteiger partial charge in [0.25, 0.3) is 0 Å². The highest BCUT2D eigenvalue weighted by Crippen LogP contribution is 2.28. The first-order valence-corrected chi connectivity index (χ1v) is 8.66. The van der Waals surface area contributed by atoms with Crippen LogP contribution in [0, 0.1) is 0 Å². The first kappa shape index (κ1) is 18.7. The fourth-order valence-corrected chi connectivity index (χ4v) is 2.80. The van der Waals surface area contributed by atoms with Crippen molar-refractivity contribution in [1.29, 1.82) is 0 Å². The normalized spacial score (nSPS) is 13.4. The lowest BCUT2D eigenvalue weighted by molar-refractivity contribution is -0.127. The van der Waals surface area contributed by atoms with Gasteiger partial charge in [0.1, 0.15) is 5.84 Å². The number of aromatic carboxylic acids is 1. The SMILES string of the molecule is CCCCN(CCC)C(=O)C1=Cc2ccc(C(=O)O)cc2N=C(N)C1. The molecule has 1 aromatic rings. The van der Waals surface area contributed by atoms with E-state index < -0.39 is 5.97 Å². The van der Waals surface area contributed by atoms with Crippen molar-refractivity contribution in [3.05, 3.63) is 34.9 Å². The molecule has 0 unspecified atom stereocenters. The van der Waals surface area contributed by atoms with Crippen molar-refractivity contribution in [2.24, 2.45) is 10.7 Å². The Kier molecular flexibility index (Phi) is 6.33. The molecule has 2 rings (SSSR count). The van der Waals surface area contributed by atoms with Gasteiger partial charge in [0.2, 0.25) is 5.91 Å². The summed E-state index contributed by atoms with van der Waals surface area (Å²) in [5, 5.41) is 9.12. The number of carboxylic acid groups (broad SMARTS) is 1. The van der Waals surface area contributed by atoms with Crippen LogP contribution in [-0.4, -0.2) is 40.8 Å². The predicted octanol–water partition coefficient (Wildman–Crippen LogP) is 3.20. The van der Waals surface area contributed by atoms with E-state index in [0.717, 1.165) is 25.8 Å². The Bertz CT molecular complexity index is 723. The van der Waals surface area contributed by atoms with Crippen molar-refractivity contribution in [3.8, 4) is 0 Å². The van der Waals surface area contributed by atoms with Crippen LogP contribution in [0.25, 0.3) is 6.08 Å². The van der Waals surface area contributed by atoms with Crippen LogP contribution in [0.4, 0.5) is 5.69 Å². The Morgan fingerprint density at radius 2 is 2.00 bits per heavy atom. The van der Waals surface area contributed by atoms with Crippen molar-refractivity contribution < 1.29 is 14.7 Å². The average molecular weight is 343 g/mol. The molecule has 1 aromatic carbocycles. The number of benzene rings is 1. The third-order valence-corrected chi connectivity index (χ3v) is 4.08. The summed E-state index contributed by atoms with van der Waals surface area (Å²) in [6.45, 7) is 5.58. The monoisotopic (exact) mass is 343 g/mol. The molecule has 0 atom stereocenters. The summed E-state index contributed by atoms with van der Waals surface area (Å²) in [7, 11) is 0. The van der Waals surface area contributed by atoms with Gasteiger partial charge in [-0.25, -0.2) is 9.79 Å². The Hall–Kier alpha value is -2.63. The number of nitrogens with zero attached hydrogens (tertiary/aromatic N) is 2. The Morgan fingerprint density at radius 3 is 2.64 bits per heavy atom. The third kappa shape index (κ3) is 4.68. The molecular weight excluding hydrogens is 318 g/mol. The lowest BCUT2D eigenvalue weighted by atomic mass is 10.0. The van der Waals surface area contributed by atoms with E-state index in [1.807, 2.05) is 11.8 Å². The quantitative estimate of drug-likeness (QED) is 0.794. The third-order valence-electron chi connectivity index (χ3n) is 4.08. The number of hydrogen-bond acceptors (Lipinski definition) is 4. The number of rotatable bonds is 7. The van der Waals surface area contributed by atoms with Crippen LogP contribution in [-0.2, 0) is 4.79 Å². The molecule has 1 aliphatic rings. The van der Waals surface area contributed by atoms with Gasteiger partial charge in [-0.3, -0.25) is 4.79 Å². The van der Waals surface area contributed by atoms with Crippen LogP contribution < -0.4 is 5.73 Å². The van der Waals surface area contributed by atoms with Crippen LogP contribution in [0.15, 0.2) is 28.8 Å². The number of carbonyl (C=O) groups is 2. The molecule has 0 radical (unpaired) electrons. The van der Waals surface area contributed by atoms with Gasteiger partial charge in [-0.05, 0) is 31.1 Å². The molecule has 0 saturated carbocycles. The van der Waals surface area contributed by atoms with E-state index in [0.29, 0.717) is 29.2 Å². The molecule has 0 bridgehead atoms. The number of aliphatic imine (C=N–C) groups is 1. The molecule has 0 aromatic heterocycles. The van der Waals surface area contributed by atoms with E-state index in [1.165, 1.54) is 12.1 Å². The molecule has 6 nitrogen and oxygen atoms in total. The molecule has 0 fully saturated rings. The number of carbonyl (C=O) groups excluding carboxylic acids is 1. The van der Waals surface area contributed by atoms with E-state index in [-0.39, 0.29) is 17.9 Å². The molecular formula is C19H25N3O3. The maximum absolute atomic E-state index is 12.9. The first-order chi connectivity index (χ1) is 12.0. The number of amidine groups is 1. The summed E-state index contributed by atoms with van der Waals surface area (Å²) in [6, 6.07) is 4.66. The molecule has 0 spiro atoms. The zero-order valence-corrected chi connectivity index (χ0v) is 14.8. The molecule has 1 heterocycles. The molecule has 134 valence electrons. The van der Waals surface area contributed by atoms with Gasteiger partial charge < -0.3 is 15.7 Å². The summed E-state index contributed by atoms with van der Waals surface area (Å²) in [6.07, 6.45) is 4.92. The number of nitrogens with two attached hydrogens (primary N) is 1. The standard InChI is InChI=1S/C19H25N3O3/c1-3-5-9-22(8-4-2)18(23)15-10-13-6-7-14(19(24)25)11-16(13)21-17(20)12-15/h6-7,10-11H,3-5,8-9,12H2,1-2H3,(H2,20,21)(H,24,25). The topological polar surface area (TPSA) is 96.0 Å². The molecule has 1 aliphatic heterocycles. The van der Waals surface area contributed by atoms with Gasteiger partial charge in [0.05, 0.1) is 11.3 Å². The van der Waals surface area contributed by atoms with E-state index in [4.69, 9.17) is 10.8 Å². The summed E-state index contributed by atoms with van der Waals surface area (Å²) >= 11 is 0. The smallest absolute Gasteiger partial charge is 0.335 e. The Labute approximate surface area is 148 Å². The number of fused-ring (bicyclic) bond motifs is 1. The van der Waals surface area contributed by atoms with Gasteiger partial charge in [-0.1, -0.05) is 26.3 Å². The van der Waals surface area contributed by atoms with Crippen molar-refractivity contribution >= 4 is 29.5 Å². The van der Waals surface area contributed by atoms with Crippen LogP contribution in [0.5, 0.6) is 0 Å². The Balaban J connectivity index is 2.36. The van der Waals surface area contributed by atoms with E-state index in [2.05, 4.69) is 11.9 Å².